The van der Waals surface area contributed by atoms with Crippen LogP contribution in [0.5, 0.6) is 17.2 Å². The Bertz CT molecular complexity index is 830. The van der Waals surface area contributed by atoms with Gasteiger partial charge < -0.3 is 24.4 Å². The highest BCUT2D eigenvalue weighted by atomic mass is 127. The van der Waals surface area contributed by atoms with Gasteiger partial charge in [0.25, 0.3) is 0 Å². The molecule has 30 heavy (non-hydrogen) atoms. The van der Waals surface area contributed by atoms with Crippen molar-refractivity contribution in [3.8, 4) is 17.2 Å². The molecule has 3 rings (SSSR count). The van der Waals surface area contributed by atoms with E-state index in [1.165, 1.54) is 5.56 Å². The van der Waals surface area contributed by atoms with Gasteiger partial charge in [-0.15, -0.1) is 24.0 Å². The second kappa shape index (κ2) is 11.9. The van der Waals surface area contributed by atoms with Crippen molar-refractivity contribution in [2.24, 2.45) is 4.99 Å². The zero-order valence-corrected chi connectivity index (χ0v) is 20.5. The van der Waals surface area contributed by atoms with Gasteiger partial charge in [0.2, 0.25) is 0 Å². The molecule has 1 aliphatic rings. The Hall–Kier alpha value is -2.16. The first-order valence-corrected chi connectivity index (χ1v) is 10.1. The number of aliphatic imine (C=N–C) groups is 1. The lowest BCUT2D eigenvalue weighted by Gasteiger charge is -2.22. The van der Waals surface area contributed by atoms with Crippen LogP contribution in [-0.4, -0.2) is 51.8 Å². The number of ether oxygens (including phenoxy) is 3. The summed E-state index contributed by atoms with van der Waals surface area (Å²) in [7, 11) is 4.91. The minimum atomic E-state index is 0. The molecule has 0 aliphatic carbocycles. The highest BCUT2D eigenvalue weighted by molar-refractivity contribution is 14.0. The topological polar surface area (TPSA) is 55.3 Å². The number of nitrogens with zero attached hydrogens (tertiary/aromatic N) is 2. The Labute approximate surface area is 196 Å². The second-order valence-corrected chi connectivity index (χ2v) is 7.03. The number of nitrogens with one attached hydrogen (secondary N) is 1. The number of hydrogen-bond acceptors (Lipinski definition) is 4. The Morgan fingerprint density at radius 2 is 1.70 bits per heavy atom. The molecule has 0 aromatic heterocycles. The normalized spacial score (nSPS) is 16.1. The van der Waals surface area contributed by atoms with Crippen LogP contribution in [0.15, 0.2) is 47.5 Å². The van der Waals surface area contributed by atoms with Crippen LogP contribution >= 0.6 is 24.0 Å². The van der Waals surface area contributed by atoms with Crippen LogP contribution in [0.25, 0.3) is 0 Å². The lowest BCUT2D eigenvalue weighted by atomic mass is 9.99. The van der Waals surface area contributed by atoms with E-state index in [0.29, 0.717) is 24.0 Å². The number of benzene rings is 2. The summed E-state index contributed by atoms with van der Waals surface area (Å²) in [5.74, 6) is 3.53. The molecule has 7 heteroatoms. The Morgan fingerprint density at radius 1 is 1.03 bits per heavy atom. The first kappa shape index (κ1) is 24.1. The predicted molar refractivity (Wildman–Crippen MR) is 132 cm³/mol. The molecule has 164 valence electrons. The summed E-state index contributed by atoms with van der Waals surface area (Å²) in [6.07, 6.45) is 1.13. The molecular weight excluding hydrogens is 493 g/mol. The van der Waals surface area contributed by atoms with E-state index in [9.17, 15) is 0 Å². The maximum atomic E-state index is 5.54. The first-order chi connectivity index (χ1) is 14.2. The van der Waals surface area contributed by atoms with E-state index in [4.69, 9.17) is 19.2 Å². The number of halogens is 1. The van der Waals surface area contributed by atoms with Crippen LogP contribution in [0.1, 0.15) is 30.4 Å². The standard InChI is InChI=1S/C23H31N3O3.HI/c1-5-24-23(26-12-11-18(16-26)17-9-7-6-8-10-17)25-15-19-13-21(28-3)22(29-4)14-20(19)27-2;/h6-10,13-14,18H,5,11-12,15-16H2,1-4H3,(H,24,25);1H. The summed E-state index contributed by atoms with van der Waals surface area (Å²) in [6.45, 7) is 5.39. The fraction of sp³-hybridized carbons (Fsp3) is 0.435. The monoisotopic (exact) mass is 525 g/mol. The van der Waals surface area contributed by atoms with Crippen LogP contribution in [-0.2, 0) is 6.54 Å². The van der Waals surface area contributed by atoms with Crippen molar-refractivity contribution in [1.82, 2.24) is 10.2 Å². The van der Waals surface area contributed by atoms with Crippen molar-refractivity contribution in [3.05, 3.63) is 53.6 Å². The van der Waals surface area contributed by atoms with Gasteiger partial charge in [0.15, 0.2) is 17.5 Å². The quantitative estimate of drug-likeness (QED) is 0.332. The van der Waals surface area contributed by atoms with Crippen molar-refractivity contribution in [3.63, 3.8) is 0 Å². The van der Waals surface area contributed by atoms with E-state index < -0.39 is 0 Å². The van der Waals surface area contributed by atoms with Gasteiger partial charge in [-0.3, -0.25) is 0 Å². The van der Waals surface area contributed by atoms with Crippen molar-refractivity contribution >= 4 is 29.9 Å². The highest BCUT2D eigenvalue weighted by Crippen LogP contribution is 2.35. The van der Waals surface area contributed by atoms with Gasteiger partial charge in [-0.25, -0.2) is 4.99 Å². The van der Waals surface area contributed by atoms with E-state index in [2.05, 4.69) is 47.5 Å². The van der Waals surface area contributed by atoms with Gasteiger partial charge in [-0.1, -0.05) is 30.3 Å². The molecule has 1 unspecified atom stereocenters. The molecule has 1 heterocycles. The fourth-order valence-corrected chi connectivity index (χ4v) is 3.75. The molecule has 1 aliphatic heterocycles. The highest BCUT2D eigenvalue weighted by Gasteiger charge is 2.26. The number of methoxy groups -OCH3 is 3. The van der Waals surface area contributed by atoms with Crippen LogP contribution in [0.4, 0.5) is 0 Å². The van der Waals surface area contributed by atoms with Crippen LogP contribution in [0.2, 0.25) is 0 Å². The molecule has 1 atom stereocenters. The smallest absolute Gasteiger partial charge is 0.194 e. The van der Waals surface area contributed by atoms with Crippen molar-refractivity contribution in [1.29, 1.82) is 0 Å². The third kappa shape index (κ3) is 5.71. The zero-order chi connectivity index (χ0) is 20.6. The van der Waals surface area contributed by atoms with Gasteiger partial charge in [0.1, 0.15) is 5.75 Å². The molecule has 0 spiro atoms. The molecule has 1 fully saturated rings. The van der Waals surface area contributed by atoms with E-state index >= 15 is 0 Å². The average molecular weight is 525 g/mol. The summed E-state index contributed by atoms with van der Waals surface area (Å²) < 4.78 is 16.4. The first-order valence-electron chi connectivity index (χ1n) is 10.1. The maximum absolute atomic E-state index is 5.54. The molecule has 0 radical (unpaired) electrons. The summed E-state index contributed by atoms with van der Waals surface area (Å²) >= 11 is 0. The molecular formula is C23H32IN3O3. The summed E-state index contributed by atoms with van der Waals surface area (Å²) in [5, 5.41) is 3.43. The van der Waals surface area contributed by atoms with Gasteiger partial charge in [-0.2, -0.15) is 0 Å². The molecule has 1 N–H and O–H groups in total. The zero-order valence-electron chi connectivity index (χ0n) is 18.2. The Kier molecular flexibility index (Phi) is 9.55. The molecule has 2 aromatic rings. The molecule has 2 aromatic carbocycles. The lowest BCUT2D eigenvalue weighted by molar-refractivity contribution is 0.347. The van der Waals surface area contributed by atoms with Gasteiger partial charge >= 0.3 is 0 Å². The number of guanidine groups is 1. The summed E-state index contributed by atoms with van der Waals surface area (Å²) in [5.41, 5.74) is 2.35. The van der Waals surface area contributed by atoms with Crippen molar-refractivity contribution < 1.29 is 14.2 Å². The third-order valence-corrected chi connectivity index (χ3v) is 5.28. The van der Waals surface area contributed by atoms with Gasteiger partial charge in [0, 0.05) is 37.2 Å². The number of rotatable bonds is 7. The van der Waals surface area contributed by atoms with E-state index in [0.717, 1.165) is 43.3 Å². The average Bonchev–Trinajstić information content (AvgIpc) is 3.26. The Balaban J connectivity index is 0.00000320. The SMILES string of the molecule is CCNC(=NCc1cc(OC)c(OC)cc1OC)N1CCC(c2ccccc2)C1.I. The van der Waals surface area contributed by atoms with Crippen LogP contribution < -0.4 is 19.5 Å². The Morgan fingerprint density at radius 3 is 2.33 bits per heavy atom. The molecule has 0 bridgehead atoms. The molecule has 0 saturated carbocycles. The maximum Gasteiger partial charge on any atom is 0.194 e. The van der Waals surface area contributed by atoms with E-state index in [1.807, 2.05) is 12.1 Å². The number of hydrogen-bond donors (Lipinski definition) is 1. The molecule has 6 nitrogen and oxygen atoms in total. The predicted octanol–water partition coefficient (Wildman–Crippen LogP) is 4.29. The second-order valence-electron chi connectivity index (χ2n) is 7.03. The van der Waals surface area contributed by atoms with Crippen LogP contribution in [0, 0.1) is 0 Å². The van der Waals surface area contributed by atoms with Gasteiger partial charge in [0.05, 0.1) is 27.9 Å². The number of likely N-dealkylation sites (tertiary alicyclic amines) is 1. The van der Waals surface area contributed by atoms with E-state index in [1.54, 1.807) is 21.3 Å². The van der Waals surface area contributed by atoms with Gasteiger partial charge in [-0.05, 0) is 25.0 Å². The fourth-order valence-electron chi connectivity index (χ4n) is 3.75. The molecule has 0 amide bonds. The van der Waals surface area contributed by atoms with Crippen molar-refractivity contribution in [2.75, 3.05) is 41.0 Å². The minimum absolute atomic E-state index is 0. The minimum Gasteiger partial charge on any atom is -0.496 e. The molecule has 1 saturated heterocycles. The summed E-state index contributed by atoms with van der Waals surface area (Å²) in [6, 6.07) is 14.5. The summed E-state index contributed by atoms with van der Waals surface area (Å²) in [4.78, 5) is 7.23. The van der Waals surface area contributed by atoms with E-state index in [-0.39, 0.29) is 24.0 Å². The lowest BCUT2D eigenvalue weighted by Crippen LogP contribution is -2.40. The largest absolute Gasteiger partial charge is 0.496 e. The van der Waals surface area contributed by atoms with Crippen LogP contribution in [0.3, 0.4) is 0 Å². The third-order valence-electron chi connectivity index (χ3n) is 5.28. The van der Waals surface area contributed by atoms with Crippen molar-refractivity contribution in [2.45, 2.75) is 25.8 Å².